The van der Waals surface area contributed by atoms with Gasteiger partial charge in [-0.3, -0.25) is 0 Å². The van der Waals surface area contributed by atoms with Gasteiger partial charge in [-0.1, -0.05) is 18.2 Å². The zero-order valence-electron chi connectivity index (χ0n) is 6.96. The number of rotatable bonds is 2. The van der Waals surface area contributed by atoms with Gasteiger partial charge in [0, 0.05) is 0 Å². The average molecular weight is 143 g/mol. The highest BCUT2D eigenvalue weighted by Crippen LogP contribution is 1.57. The molecule has 60 valence electrons. The maximum Gasteiger partial charge on any atom is 0.112 e. The molecule has 2 heteroatoms. The first kappa shape index (κ1) is 12.0. The summed E-state index contributed by atoms with van der Waals surface area (Å²) in [6, 6.07) is 0. The molecule has 0 spiro atoms. The highest BCUT2D eigenvalue weighted by atomic mass is 16.3. The van der Waals surface area contributed by atoms with Crippen LogP contribution in [0.2, 0.25) is 0 Å². The van der Waals surface area contributed by atoms with E-state index in [4.69, 9.17) is 5.11 Å². The molecule has 0 saturated heterocycles. The molecule has 0 atom stereocenters. The number of nitrogens with one attached hydrogen (secondary N) is 1. The maximum atomic E-state index is 8.04. The van der Waals surface area contributed by atoms with Crippen molar-refractivity contribution < 1.29 is 5.11 Å². The molecule has 0 aromatic heterocycles. The molecular formula is C8H17NO. The third kappa shape index (κ3) is 26.9. The van der Waals surface area contributed by atoms with Gasteiger partial charge in [0.2, 0.25) is 0 Å². The van der Waals surface area contributed by atoms with E-state index in [0.29, 0.717) is 0 Å². The molecule has 0 aliphatic carbocycles. The van der Waals surface area contributed by atoms with Crippen LogP contribution in [0.25, 0.3) is 0 Å². The molecule has 0 aromatic rings. The van der Waals surface area contributed by atoms with Crippen LogP contribution in [-0.2, 0) is 0 Å². The van der Waals surface area contributed by atoms with E-state index in [1.54, 1.807) is 6.20 Å². The Balaban J connectivity index is 0. The minimum atomic E-state index is 0.0182. The molecule has 0 aliphatic heterocycles. The molecule has 0 radical (unpaired) electrons. The summed E-state index contributed by atoms with van der Waals surface area (Å²) in [6.45, 7) is 5.90. The Kier molecular flexibility index (Phi) is 18.8. The number of aliphatic hydroxyl groups is 1. The van der Waals surface area contributed by atoms with Crippen molar-refractivity contribution >= 4 is 0 Å². The van der Waals surface area contributed by atoms with Gasteiger partial charge in [0.15, 0.2) is 0 Å². The lowest BCUT2D eigenvalue weighted by atomic mass is 10.6. The van der Waals surface area contributed by atoms with Crippen molar-refractivity contribution in [2.45, 2.75) is 20.8 Å². The zero-order valence-corrected chi connectivity index (χ0v) is 6.96. The molecule has 0 aromatic carbocycles. The van der Waals surface area contributed by atoms with Gasteiger partial charge in [0.25, 0.3) is 0 Å². The summed E-state index contributed by atoms with van der Waals surface area (Å²) < 4.78 is 0. The van der Waals surface area contributed by atoms with Gasteiger partial charge in [0.1, 0.15) is 6.73 Å². The van der Waals surface area contributed by atoms with Gasteiger partial charge in [-0.25, -0.2) is 0 Å². The Morgan fingerprint density at radius 2 is 1.60 bits per heavy atom. The monoisotopic (exact) mass is 143 g/mol. The highest BCUT2D eigenvalue weighted by molar-refractivity contribution is 4.71. The third-order valence-corrected chi connectivity index (χ3v) is 0.709. The average Bonchev–Trinajstić information content (AvgIpc) is 2.01. The van der Waals surface area contributed by atoms with Crippen LogP contribution in [0.4, 0.5) is 0 Å². The van der Waals surface area contributed by atoms with E-state index in [2.05, 4.69) is 5.32 Å². The van der Waals surface area contributed by atoms with Crippen LogP contribution in [-0.4, -0.2) is 11.8 Å². The van der Waals surface area contributed by atoms with E-state index >= 15 is 0 Å². The standard InChI is InChI=1S/C4H9NO.C4H8/c1-2-3-5-4-6;1-3-4-2/h2-3,5-6H,4H2,1H3;3-4H,1-2H3. The highest BCUT2D eigenvalue weighted by Gasteiger charge is 1.58. The Morgan fingerprint density at radius 3 is 1.70 bits per heavy atom. The third-order valence-electron chi connectivity index (χ3n) is 0.709. The first-order valence-corrected chi connectivity index (χ1v) is 3.36. The lowest BCUT2D eigenvalue weighted by Gasteiger charge is -1.85. The molecule has 2 nitrogen and oxygen atoms in total. The summed E-state index contributed by atoms with van der Waals surface area (Å²) in [6.07, 6.45) is 7.50. The Morgan fingerprint density at radius 1 is 1.10 bits per heavy atom. The van der Waals surface area contributed by atoms with Crippen molar-refractivity contribution in [3.8, 4) is 0 Å². The Hall–Kier alpha value is -0.760. The topological polar surface area (TPSA) is 32.3 Å². The fourth-order valence-electron chi connectivity index (χ4n) is 0.171. The molecule has 0 aliphatic rings. The van der Waals surface area contributed by atoms with E-state index in [9.17, 15) is 0 Å². The van der Waals surface area contributed by atoms with E-state index in [0.717, 1.165) is 0 Å². The van der Waals surface area contributed by atoms with Crippen LogP contribution < -0.4 is 5.32 Å². The normalized spacial score (nSPS) is 9.60. The van der Waals surface area contributed by atoms with Gasteiger partial charge in [-0.15, -0.1) is 0 Å². The van der Waals surface area contributed by atoms with Crippen molar-refractivity contribution in [3.05, 3.63) is 24.4 Å². The summed E-state index contributed by atoms with van der Waals surface area (Å²) in [5.41, 5.74) is 0. The summed E-state index contributed by atoms with van der Waals surface area (Å²) in [5, 5.41) is 10.6. The van der Waals surface area contributed by atoms with Crippen molar-refractivity contribution in [1.82, 2.24) is 5.32 Å². The van der Waals surface area contributed by atoms with Crippen molar-refractivity contribution in [2.24, 2.45) is 0 Å². The van der Waals surface area contributed by atoms with Crippen LogP contribution in [0.15, 0.2) is 24.4 Å². The minimum Gasteiger partial charge on any atom is -0.377 e. The largest absolute Gasteiger partial charge is 0.377 e. The van der Waals surface area contributed by atoms with Crippen LogP contribution in [0, 0.1) is 0 Å². The predicted octanol–water partition coefficient (Wildman–Crippen LogP) is 1.64. The SMILES string of the molecule is CC=CC.CC=CNCO. The van der Waals surface area contributed by atoms with Gasteiger partial charge in [-0.05, 0) is 27.0 Å². The first-order chi connectivity index (χ1) is 4.83. The Labute approximate surface area is 63.3 Å². The number of hydrogen-bond donors (Lipinski definition) is 2. The smallest absolute Gasteiger partial charge is 0.112 e. The predicted molar refractivity (Wildman–Crippen MR) is 45.5 cm³/mol. The number of hydrogen-bond acceptors (Lipinski definition) is 2. The lowest BCUT2D eigenvalue weighted by molar-refractivity contribution is 0.279. The number of allylic oxidation sites excluding steroid dienone is 3. The van der Waals surface area contributed by atoms with Crippen LogP contribution in [0.3, 0.4) is 0 Å². The quantitative estimate of drug-likeness (QED) is 0.455. The first-order valence-electron chi connectivity index (χ1n) is 3.36. The van der Waals surface area contributed by atoms with Gasteiger partial charge < -0.3 is 10.4 Å². The molecule has 0 bridgehead atoms. The van der Waals surface area contributed by atoms with Gasteiger partial charge in [-0.2, -0.15) is 0 Å². The van der Waals surface area contributed by atoms with Crippen molar-refractivity contribution in [1.29, 1.82) is 0 Å². The second-order valence-electron chi connectivity index (χ2n) is 1.53. The van der Waals surface area contributed by atoms with Crippen molar-refractivity contribution in [3.63, 3.8) is 0 Å². The fourth-order valence-corrected chi connectivity index (χ4v) is 0.171. The van der Waals surface area contributed by atoms with Gasteiger partial charge >= 0.3 is 0 Å². The van der Waals surface area contributed by atoms with Crippen LogP contribution in [0.1, 0.15) is 20.8 Å². The van der Waals surface area contributed by atoms with E-state index in [1.807, 2.05) is 39.0 Å². The maximum absolute atomic E-state index is 8.04. The summed E-state index contributed by atoms with van der Waals surface area (Å²) in [4.78, 5) is 0. The summed E-state index contributed by atoms with van der Waals surface area (Å²) in [5.74, 6) is 0. The van der Waals surface area contributed by atoms with Crippen LogP contribution in [0.5, 0.6) is 0 Å². The molecule has 0 fully saturated rings. The Bertz CT molecular complexity index is 83.3. The lowest BCUT2D eigenvalue weighted by Crippen LogP contribution is -2.03. The number of aliphatic hydroxyl groups excluding tert-OH is 1. The van der Waals surface area contributed by atoms with E-state index in [-0.39, 0.29) is 6.73 Å². The molecule has 0 rings (SSSR count). The second kappa shape index (κ2) is 15.7. The molecule has 10 heavy (non-hydrogen) atoms. The molecule has 0 saturated carbocycles. The summed E-state index contributed by atoms with van der Waals surface area (Å²) in [7, 11) is 0. The zero-order chi connectivity index (χ0) is 8.24. The summed E-state index contributed by atoms with van der Waals surface area (Å²) >= 11 is 0. The molecule has 0 heterocycles. The molecule has 0 amide bonds. The van der Waals surface area contributed by atoms with Crippen molar-refractivity contribution in [2.75, 3.05) is 6.73 Å². The molecule has 0 unspecified atom stereocenters. The van der Waals surface area contributed by atoms with Gasteiger partial charge in [0.05, 0.1) is 0 Å². The molecular weight excluding hydrogens is 126 g/mol. The molecule has 2 N–H and O–H groups in total. The van der Waals surface area contributed by atoms with E-state index in [1.165, 1.54) is 0 Å². The minimum absolute atomic E-state index is 0.0182. The van der Waals surface area contributed by atoms with Crippen LogP contribution >= 0.6 is 0 Å². The fraction of sp³-hybridized carbons (Fsp3) is 0.500. The van der Waals surface area contributed by atoms with E-state index < -0.39 is 0 Å². The second-order valence-corrected chi connectivity index (χ2v) is 1.53.